The van der Waals surface area contributed by atoms with Crippen LogP contribution in [0, 0.1) is 0 Å². The van der Waals surface area contributed by atoms with Crippen LogP contribution < -0.4 is 5.43 Å². The second-order valence-electron chi connectivity index (χ2n) is 6.09. The Labute approximate surface area is 148 Å². The van der Waals surface area contributed by atoms with Gasteiger partial charge in [-0.1, -0.05) is 42.5 Å². The molecule has 1 aliphatic heterocycles. The average molecular weight is 337 g/mol. The van der Waals surface area contributed by atoms with E-state index in [9.17, 15) is 4.79 Å². The van der Waals surface area contributed by atoms with E-state index in [0.29, 0.717) is 5.56 Å². The average Bonchev–Trinajstić information content (AvgIpc) is 2.68. The zero-order valence-corrected chi connectivity index (χ0v) is 14.4. The third kappa shape index (κ3) is 4.98. The van der Waals surface area contributed by atoms with Crippen molar-refractivity contribution in [3.05, 3.63) is 71.3 Å². The maximum Gasteiger partial charge on any atom is 0.271 e. The van der Waals surface area contributed by atoms with Gasteiger partial charge in [-0.3, -0.25) is 9.69 Å². The van der Waals surface area contributed by atoms with Gasteiger partial charge in [-0.05, 0) is 30.2 Å². The van der Waals surface area contributed by atoms with Gasteiger partial charge in [0.15, 0.2) is 0 Å². The van der Waals surface area contributed by atoms with Crippen molar-refractivity contribution in [2.24, 2.45) is 5.10 Å². The van der Waals surface area contributed by atoms with Gasteiger partial charge in [0, 0.05) is 25.2 Å². The third-order valence-corrected chi connectivity index (χ3v) is 4.24. The molecule has 1 heterocycles. The molecule has 1 saturated heterocycles. The first kappa shape index (κ1) is 17.3. The molecule has 2 aromatic carbocycles. The smallest absolute Gasteiger partial charge is 0.271 e. The van der Waals surface area contributed by atoms with Crippen molar-refractivity contribution in [1.29, 1.82) is 0 Å². The van der Waals surface area contributed by atoms with Crippen molar-refractivity contribution in [2.45, 2.75) is 13.5 Å². The van der Waals surface area contributed by atoms with Gasteiger partial charge in [-0.15, -0.1) is 0 Å². The number of nitrogens with zero attached hydrogens (tertiary/aromatic N) is 2. The summed E-state index contributed by atoms with van der Waals surface area (Å²) in [5.41, 5.74) is 6.19. The number of morpholine rings is 1. The van der Waals surface area contributed by atoms with Crippen molar-refractivity contribution in [3.8, 4) is 0 Å². The molecule has 0 radical (unpaired) electrons. The maximum absolute atomic E-state index is 12.2. The van der Waals surface area contributed by atoms with Gasteiger partial charge in [0.05, 0.1) is 18.9 Å². The van der Waals surface area contributed by atoms with Crippen LogP contribution in [0.15, 0.2) is 59.7 Å². The van der Waals surface area contributed by atoms with Gasteiger partial charge in [0.1, 0.15) is 0 Å². The Morgan fingerprint density at radius 3 is 2.40 bits per heavy atom. The van der Waals surface area contributed by atoms with Crippen LogP contribution in [0.4, 0.5) is 0 Å². The molecule has 1 aliphatic rings. The molecule has 130 valence electrons. The second-order valence-corrected chi connectivity index (χ2v) is 6.09. The Morgan fingerprint density at radius 2 is 1.72 bits per heavy atom. The lowest BCUT2D eigenvalue weighted by molar-refractivity contribution is 0.0342. The van der Waals surface area contributed by atoms with Crippen LogP contribution >= 0.6 is 0 Å². The first-order valence-electron chi connectivity index (χ1n) is 8.51. The highest BCUT2D eigenvalue weighted by molar-refractivity contribution is 6.00. The molecule has 1 fully saturated rings. The summed E-state index contributed by atoms with van der Waals surface area (Å²) in [7, 11) is 0. The summed E-state index contributed by atoms with van der Waals surface area (Å²) in [5.74, 6) is -0.201. The number of amides is 1. The largest absolute Gasteiger partial charge is 0.379 e. The van der Waals surface area contributed by atoms with Crippen molar-refractivity contribution < 1.29 is 9.53 Å². The molecule has 2 aromatic rings. The lowest BCUT2D eigenvalue weighted by Crippen LogP contribution is -2.35. The number of nitrogens with one attached hydrogen (secondary N) is 1. The van der Waals surface area contributed by atoms with E-state index in [1.54, 1.807) is 0 Å². The fraction of sp³-hybridized carbons (Fsp3) is 0.300. The molecule has 0 aromatic heterocycles. The predicted octanol–water partition coefficient (Wildman–Crippen LogP) is 2.67. The van der Waals surface area contributed by atoms with Crippen LogP contribution in [0.2, 0.25) is 0 Å². The first-order valence-corrected chi connectivity index (χ1v) is 8.51. The number of benzene rings is 2. The van der Waals surface area contributed by atoms with Crippen LogP contribution in [-0.4, -0.2) is 42.8 Å². The van der Waals surface area contributed by atoms with Gasteiger partial charge >= 0.3 is 0 Å². The number of rotatable bonds is 5. The number of carbonyl (C=O) groups excluding carboxylic acids is 1. The van der Waals surface area contributed by atoms with E-state index in [1.807, 2.05) is 61.5 Å². The molecular weight excluding hydrogens is 314 g/mol. The highest BCUT2D eigenvalue weighted by atomic mass is 16.5. The highest BCUT2D eigenvalue weighted by Crippen LogP contribution is 2.09. The van der Waals surface area contributed by atoms with E-state index >= 15 is 0 Å². The standard InChI is InChI=1S/C20H23N3O2/c1-16(18-5-3-2-4-6-18)21-22-20(24)19-9-7-17(8-10-19)15-23-11-13-25-14-12-23/h2-10H,11-15H2,1H3,(H,22,24)/b21-16-. The van der Waals surface area contributed by atoms with Crippen molar-refractivity contribution in [3.63, 3.8) is 0 Å². The number of hydrogen-bond donors (Lipinski definition) is 1. The van der Waals surface area contributed by atoms with E-state index in [2.05, 4.69) is 15.4 Å². The summed E-state index contributed by atoms with van der Waals surface area (Å²) < 4.78 is 5.36. The summed E-state index contributed by atoms with van der Waals surface area (Å²) in [6.07, 6.45) is 0. The molecule has 5 nitrogen and oxygen atoms in total. The Balaban J connectivity index is 1.57. The van der Waals surface area contributed by atoms with E-state index in [4.69, 9.17) is 4.74 Å². The van der Waals surface area contributed by atoms with E-state index in [-0.39, 0.29) is 5.91 Å². The van der Waals surface area contributed by atoms with Gasteiger partial charge in [-0.2, -0.15) is 5.10 Å². The molecule has 0 spiro atoms. The summed E-state index contributed by atoms with van der Waals surface area (Å²) in [5, 5.41) is 4.18. The van der Waals surface area contributed by atoms with E-state index in [1.165, 1.54) is 5.56 Å². The van der Waals surface area contributed by atoms with E-state index in [0.717, 1.165) is 44.1 Å². The predicted molar refractivity (Wildman–Crippen MR) is 98.7 cm³/mol. The summed E-state index contributed by atoms with van der Waals surface area (Å²) >= 11 is 0. The van der Waals surface area contributed by atoms with Crippen LogP contribution in [0.3, 0.4) is 0 Å². The first-order chi connectivity index (χ1) is 12.2. The SMILES string of the molecule is C/C(=N/NC(=O)c1ccc(CN2CCOCC2)cc1)c1ccccc1. The Morgan fingerprint density at radius 1 is 1.04 bits per heavy atom. The molecule has 1 amide bonds. The van der Waals surface area contributed by atoms with Crippen LogP contribution in [0.1, 0.15) is 28.4 Å². The van der Waals surface area contributed by atoms with Crippen molar-refractivity contribution in [2.75, 3.05) is 26.3 Å². The van der Waals surface area contributed by atoms with E-state index < -0.39 is 0 Å². The van der Waals surface area contributed by atoms with Crippen LogP contribution in [-0.2, 0) is 11.3 Å². The summed E-state index contributed by atoms with van der Waals surface area (Å²) in [4.78, 5) is 14.6. The summed E-state index contributed by atoms with van der Waals surface area (Å²) in [6, 6.07) is 17.5. The topological polar surface area (TPSA) is 53.9 Å². The minimum absolute atomic E-state index is 0.201. The molecule has 0 unspecified atom stereocenters. The lowest BCUT2D eigenvalue weighted by atomic mass is 10.1. The molecule has 0 atom stereocenters. The van der Waals surface area contributed by atoms with Gasteiger partial charge in [-0.25, -0.2) is 5.43 Å². The number of carbonyl (C=O) groups is 1. The molecule has 5 heteroatoms. The zero-order chi connectivity index (χ0) is 17.5. The lowest BCUT2D eigenvalue weighted by Gasteiger charge is -2.26. The molecule has 0 bridgehead atoms. The highest BCUT2D eigenvalue weighted by Gasteiger charge is 2.11. The second kappa shape index (κ2) is 8.55. The van der Waals surface area contributed by atoms with Gasteiger partial charge < -0.3 is 4.74 Å². The van der Waals surface area contributed by atoms with Crippen molar-refractivity contribution in [1.82, 2.24) is 10.3 Å². The minimum Gasteiger partial charge on any atom is -0.379 e. The third-order valence-electron chi connectivity index (χ3n) is 4.24. The Kier molecular flexibility index (Phi) is 5.93. The molecule has 0 aliphatic carbocycles. The van der Waals surface area contributed by atoms with Crippen LogP contribution in [0.5, 0.6) is 0 Å². The van der Waals surface area contributed by atoms with Gasteiger partial charge in [0.2, 0.25) is 0 Å². The van der Waals surface area contributed by atoms with Crippen LogP contribution in [0.25, 0.3) is 0 Å². The Bertz CT molecular complexity index is 720. The number of ether oxygens (including phenoxy) is 1. The molecule has 25 heavy (non-hydrogen) atoms. The zero-order valence-electron chi connectivity index (χ0n) is 14.4. The normalized spacial score (nSPS) is 15.8. The van der Waals surface area contributed by atoms with Crippen molar-refractivity contribution >= 4 is 11.6 Å². The minimum atomic E-state index is -0.201. The monoisotopic (exact) mass is 337 g/mol. The molecule has 0 saturated carbocycles. The number of hydrogen-bond acceptors (Lipinski definition) is 4. The Hall–Kier alpha value is -2.50. The molecule has 3 rings (SSSR count). The molecular formula is C20H23N3O2. The maximum atomic E-state index is 12.2. The summed E-state index contributed by atoms with van der Waals surface area (Å²) in [6.45, 7) is 6.25. The quantitative estimate of drug-likeness (QED) is 0.674. The molecule has 1 N–H and O–H groups in total. The van der Waals surface area contributed by atoms with Gasteiger partial charge in [0.25, 0.3) is 5.91 Å². The fourth-order valence-corrected chi connectivity index (χ4v) is 2.72. The fourth-order valence-electron chi connectivity index (χ4n) is 2.72. The number of hydrazone groups is 1.